The lowest BCUT2D eigenvalue weighted by Crippen LogP contribution is -2.12. The minimum atomic E-state index is -0.793. The molecule has 0 unspecified atom stereocenters. The molecular formula is C13H11ClN2O3S2. The second kappa shape index (κ2) is 8.68. The van der Waals surface area contributed by atoms with Crippen molar-refractivity contribution in [2.24, 2.45) is 0 Å². The third-order valence-electron chi connectivity index (χ3n) is 2.18. The highest BCUT2D eigenvalue weighted by molar-refractivity contribution is 8.74. The number of hydrazine groups is 1. The van der Waals surface area contributed by atoms with Gasteiger partial charge in [0.25, 0.3) is 0 Å². The summed E-state index contributed by atoms with van der Waals surface area (Å²) in [6.07, 6.45) is -0.793. The molecule has 8 heteroatoms. The molecule has 0 amide bonds. The van der Waals surface area contributed by atoms with Crippen molar-refractivity contribution in [1.29, 1.82) is 0 Å². The maximum Gasteiger partial charge on any atom is 0.527 e. The number of carbonyl (C=O) groups is 1. The van der Waals surface area contributed by atoms with Gasteiger partial charge in [-0.05, 0) is 24.3 Å². The van der Waals surface area contributed by atoms with Crippen LogP contribution in [0.3, 0.4) is 0 Å². The van der Waals surface area contributed by atoms with Crippen LogP contribution >= 0.6 is 33.7 Å². The zero-order chi connectivity index (χ0) is 14.9. The van der Waals surface area contributed by atoms with Gasteiger partial charge in [0.2, 0.25) is 0 Å². The van der Waals surface area contributed by atoms with Crippen molar-refractivity contribution in [2.75, 3.05) is 5.43 Å². The molecule has 2 aromatic carbocycles. The Labute approximate surface area is 135 Å². The Morgan fingerprint density at radius 1 is 1.05 bits per heavy atom. The second-order valence-corrected chi connectivity index (χ2v) is 5.60. The fourth-order valence-electron chi connectivity index (χ4n) is 1.30. The summed E-state index contributed by atoms with van der Waals surface area (Å²) >= 11 is 6.78. The standard InChI is InChI=1S/C13H11ClN2O3S2/c14-11-8-4-5-9-12(11)15-16-20-21-19-13(17)18-10-6-2-1-3-7-10/h1-9,15-16H. The number of carbonyl (C=O) groups excluding carboxylic acids is 1. The molecule has 0 saturated carbocycles. The Kier molecular flexibility index (Phi) is 6.55. The van der Waals surface area contributed by atoms with Crippen molar-refractivity contribution >= 4 is 45.5 Å². The molecular weight excluding hydrogens is 332 g/mol. The molecule has 0 atom stereocenters. The maximum atomic E-state index is 11.4. The lowest BCUT2D eigenvalue weighted by molar-refractivity contribution is 0.161. The summed E-state index contributed by atoms with van der Waals surface area (Å²) in [5, 5.41) is 0.583. The van der Waals surface area contributed by atoms with Crippen LogP contribution in [0.4, 0.5) is 10.5 Å². The van der Waals surface area contributed by atoms with Crippen LogP contribution in [0.5, 0.6) is 5.75 Å². The zero-order valence-corrected chi connectivity index (χ0v) is 13.0. The second-order valence-electron chi connectivity index (χ2n) is 3.61. The predicted octanol–water partition coefficient (Wildman–Crippen LogP) is 4.68. The maximum absolute atomic E-state index is 11.4. The third-order valence-corrected chi connectivity index (χ3v) is 3.63. The van der Waals surface area contributed by atoms with Crippen molar-refractivity contribution in [1.82, 2.24) is 4.83 Å². The highest BCUT2D eigenvalue weighted by atomic mass is 35.5. The number of anilines is 1. The van der Waals surface area contributed by atoms with E-state index in [4.69, 9.17) is 20.5 Å². The van der Waals surface area contributed by atoms with E-state index < -0.39 is 6.16 Å². The summed E-state index contributed by atoms with van der Waals surface area (Å²) in [4.78, 5) is 14.1. The van der Waals surface area contributed by atoms with Crippen LogP contribution in [0.25, 0.3) is 0 Å². The molecule has 0 aliphatic heterocycles. The summed E-state index contributed by atoms with van der Waals surface area (Å²) in [7, 11) is 1.07. The highest BCUT2D eigenvalue weighted by Crippen LogP contribution is 2.23. The van der Waals surface area contributed by atoms with E-state index in [9.17, 15) is 4.79 Å². The molecule has 0 bridgehead atoms. The fourth-order valence-corrected chi connectivity index (χ4v) is 2.29. The molecule has 0 aliphatic rings. The molecule has 0 spiro atoms. The molecule has 21 heavy (non-hydrogen) atoms. The quantitative estimate of drug-likeness (QED) is 0.150. The molecule has 110 valence electrons. The van der Waals surface area contributed by atoms with Gasteiger partial charge in [-0.3, -0.25) is 0 Å². The molecule has 0 aromatic heterocycles. The van der Waals surface area contributed by atoms with Gasteiger partial charge in [-0.1, -0.05) is 41.9 Å². The molecule has 0 radical (unpaired) electrons. The molecule has 2 aromatic rings. The van der Waals surface area contributed by atoms with Crippen molar-refractivity contribution in [3.63, 3.8) is 0 Å². The lowest BCUT2D eigenvalue weighted by Gasteiger charge is -2.08. The van der Waals surface area contributed by atoms with Gasteiger partial charge in [-0.25, -0.2) is 4.79 Å². The van der Waals surface area contributed by atoms with Crippen molar-refractivity contribution in [2.45, 2.75) is 0 Å². The van der Waals surface area contributed by atoms with Gasteiger partial charge < -0.3 is 14.3 Å². The van der Waals surface area contributed by atoms with Crippen LogP contribution in [-0.4, -0.2) is 6.16 Å². The van der Waals surface area contributed by atoms with E-state index in [1.165, 1.54) is 0 Å². The number of halogens is 1. The minimum Gasteiger partial charge on any atom is -0.394 e. The smallest absolute Gasteiger partial charge is 0.394 e. The normalized spacial score (nSPS) is 9.95. The summed E-state index contributed by atoms with van der Waals surface area (Å²) in [5.41, 5.74) is 3.59. The van der Waals surface area contributed by atoms with Gasteiger partial charge >= 0.3 is 6.16 Å². The van der Waals surface area contributed by atoms with E-state index >= 15 is 0 Å². The van der Waals surface area contributed by atoms with Gasteiger partial charge in [0.05, 0.1) is 21.7 Å². The lowest BCUT2D eigenvalue weighted by atomic mass is 10.3. The topological polar surface area (TPSA) is 59.6 Å². The van der Waals surface area contributed by atoms with Crippen LogP contribution in [0.1, 0.15) is 0 Å². The summed E-state index contributed by atoms with van der Waals surface area (Å²) < 4.78 is 9.73. The monoisotopic (exact) mass is 342 g/mol. The first-order chi connectivity index (χ1) is 10.3. The average molecular weight is 343 g/mol. The number of hydrogen-bond donors (Lipinski definition) is 2. The van der Waals surface area contributed by atoms with Crippen molar-refractivity contribution in [3.8, 4) is 5.75 Å². The number of ether oxygens (including phenoxy) is 1. The third kappa shape index (κ3) is 5.76. The van der Waals surface area contributed by atoms with E-state index in [0.717, 1.165) is 27.7 Å². The fraction of sp³-hybridized carbons (Fsp3) is 0. The van der Waals surface area contributed by atoms with E-state index in [0.29, 0.717) is 10.8 Å². The minimum absolute atomic E-state index is 0.426. The van der Waals surface area contributed by atoms with Gasteiger partial charge in [-0.15, -0.1) is 0 Å². The Balaban J connectivity index is 1.62. The van der Waals surface area contributed by atoms with E-state index in [1.54, 1.807) is 30.3 Å². The van der Waals surface area contributed by atoms with E-state index in [1.807, 2.05) is 24.3 Å². The molecule has 0 saturated heterocycles. The summed E-state index contributed by atoms with van der Waals surface area (Å²) in [6, 6.07) is 15.9. The Morgan fingerprint density at radius 2 is 1.76 bits per heavy atom. The molecule has 0 aliphatic carbocycles. The summed E-state index contributed by atoms with van der Waals surface area (Å²) in [6.45, 7) is 0. The number of rotatable bonds is 6. The highest BCUT2D eigenvalue weighted by Gasteiger charge is 2.06. The van der Waals surface area contributed by atoms with Crippen LogP contribution in [0.2, 0.25) is 5.02 Å². The van der Waals surface area contributed by atoms with Gasteiger partial charge in [0, 0.05) is 0 Å². The van der Waals surface area contributed by atoms with Crippen LogP contribution in [0, 0.1) is 0 Å². The number of benzene rings is 2. The van der Waals surface area contributed by atoms with E-state index in [2.05, 4.69) is 10.3 Å². The molecule has 0 heterocycles. The number of para-hydroxylation sites is 2. The Hall–Kier alpha value is -1.54. The van der Waals surface area contributed by atoms with Crippen molar-refractivity contribution < 1.29 is 13.7 Å². The largest absolute Gasteiger partial charge is 0.527 e. The summed E-state index contributed by atoms with van der Waals surface area (Å²) in [5.74, 6) is 0.426. The Bertz CT molecular complexity index is 587. The molecule has 2 N–H and O–H groups in total. The van der Waals surface area contributed by atoms with Crippen molar-refractivity contribution in [3.05, 3.63) is 59.6 Å². The first kappa shape index (κ1) is 15.8. The average Bonchev–Trinajstić information content (AvgIpc) is 2.50. The van der Waals surface area contributed by atoms with Crippen LogP contribution in [-0.2, 0) is 4.18 Å². The first-order valence-corrected chi connectivity index (χ1v) is 8.23. The number of nitrogens with one attached hydrogen (secondary N) is 2. The van der Waals surface area contributed by atoms with Gasteiger partial charge in [0.15, 0.2) is 11.1 Å². The molecule has 0 fully saturated rings. The van der Waals surface area contributed by atoms with Gasteiger partial charge in [0.1, 0.15) is 5.75 Å². The SMILES string of the molecule is O=C(OSSNNc1ccccc1Cl)Oc1ccccc1. The van der Waals surface area contributed by atoms with E-state index in [-0.39, 0.29) is 0 Å². The Morgan fingerprint density at radius 3 is 2.52 bits per heavy atom. The first-order valence-electron chi connectivity index (χ1n) is 5.78. The predicted molar refractivity (Wildman–Crippen MR) is 86.9 cm³/mol. The molecule has 2 rings (SSSR count). The van der Waals surface area contributed by atoms with Crippen LogP contribution < -0.4 is 15.0 Å². The molecule has 5 nitrogen and oxygen atoms in total. The van der Waals surface area contributed by atoms with Gasteiger partial charge in [-0.2, -0.15) is 4.83 Å². The number of hydrogen-bond acceptors (Lipinski definition) is 7. The van der Waals surface area contributed by atoms with Crippen LogP contribution in [0.15, 0.2) is 54.6 Å². The zero-order valence-electron chi connectivity index (χ0n) is 10.6.